The highest BCUT2D eigenvalue weighted by Crippen LogP contribution is 2.26. The van der Waals surface area contributed by atoms with Crippen LogP contribution in [0.4, 0.5) is 0 Å². The number of rotatable bonds is 1. The van der Waals surface area contributed by atoms with Gasteiger partial charge in [-0.3, -0.25) is 4.79 Å². The lowest BCUT2D eigenvalue weighted by atomic mass is 9.84. The minimum absolute atomic E-state index is 0.182. The Morgan fingerprint density at radius 3 is 2.69 bits per heavy atom. The molecule has 0 aromatic heterocycles. The minimum Gasteiger partial charge on any atom is -0.292 e. The molecule has 0 unspecified atom stereocenters. The molecular formula is C10H14N2O. The van der Waals surface area contributed by atoms with Crippen molar-refractivity contribution in [2.45, 2.75) is 38.5 Å². The summed E-state index contributed by atoms with van der Waals surface area (Å²) in [5.74, 6) is 0.584. The number of carbonyl (C=O) groups is 1. The van der Waals surface area contributed by atoms with Gasteiger partial charge in [0.15, 0.2) is 5.78 Å². The Kier molecular flexibility index (Phi) is 2.52. The summed E-state index contributed by atoms with van der Waals surface area (Å²) in [5.41, 5.74) is 0.738. The molecule has 2 rings (SSSR count). The quantitative estimate of drug-likeness (QED) is 0.605. The first-order valence-corrected chi connectivity index (χ1v) is 5.00. The first-order valence-electron chi connectivity index (χ1n) is 5.00. The largest absolute Gasteiger partial charge is 0.292 e. The maximum Gasteiger partial charge on any atom is 0.184 e. The Hall–Kier alpha value is -0.990. The zero-order valence-electron chi connectivity index (χ0n) is 7.70. The fourth-order valence-corrected chi connectivity index (χ4v) is 2.07. The third kappa shape index (κ3) is 1.85. The van der Waals surface area contributed by atoms with Gasteiger partial charge in [0, 0.05) is 18.6 Å². The Balaban J connectivity index is 2.09. The van der Waals surface area contributed by atoms with Crippen molar-refractivity contribution in [3.63, 3.8) is 0 Å². The van der Waals surface area contributed by atoms with Gasteiger partial charge < -0.3 is 0 Å². The summed E-state index contributed by atoms with van der Waals surface area (Å²) in [6.07, 6.45) is 8.08. The summed E-state index contributed by atoms with van der Waals surface area (Å²) < 4.78 is 0. The number of carbonyl (C=O) groups excluding carboxylic acids is 1. The van der Waals surface area contributed by atoms with Crippen LogP contribution in [0.25, 0.3) is 0 Å². The van der Waals surface area contributed by atoms with E-state index in [0.29, 0.717) is 12.3 Å². The highest BCUT2D eigenvalue weighted by atomic mass is 16.1. The molecule has 0 spiro atoms. The van der Waals surface area contributed by atoms with Gasteiger partial charge in [-0.25, -0.2) is 0 Å². The van der Waals surface area contributed by atoms with E-state index < -0.39 is 0 Å². The maximum absolute atomic E-state index is 11.5. The van der Waals surface area contributed by atoms with E-state index in [-0.39, 0.29) is 5.78 Å². The lowest BCUT2D eigenvalue weighted by Gasteiger charge is -2.22. The molecular weight excluding hydrogens is 164 g/mol. The van der Waals surface area contributed by atoms with E-state index in [9.17, 15) is 4.79 Å². The van der Waals surface area contributed by atoms with Gasteiger partial charge >= 0.3 is 0 Å². The average molecular weight is 178 g/mol. The van der Waals surface area contributed by atoms with Gasteiger partial charge in [-0.15, -0.1) is 0 Å². The zero-order valence-corrected chi connectivity index (χ0v) is 7.70. The highest BCUT2D eigenvalue weighted by Gasteiger charge is 2.25. The molecule has 13 heavy (non-hydrogen) atoms. The Labute approximate surface area is 77.9 Å². The van der Waals surface area contributed by atoms with Crippen LogP contribution >= 0.6 is 0 Å². The maximum atomic E-state index is 11.5. The van der Waals surface area contributed by atoms with Gasteiger partial charge in [-0.2, -0.15) is 10.2 Å². The van der Waals surface area contributed by atoms with E-state index in [2.05, 4.69) is 10.2 Å². The lowest BCUT2D eigenvalue weighted by molar-refractivity contribution is -0.112. The fraction of sp³-hybridized carbons (Fsp3) is 0.700. The van der Waals surface area contributed by atoms with Crippen molar-refractivity contribution in [1.29, 1.82) is 0 Å². The minimum atomic E-state index is 0.182. The molecule has 0 N–H and O–H groups in total. The van der Waals surface area contributed by atoms with Crippen LogP contribution in [-0.2, 0) is 4.79 Å². The van der Waals surface area contributed by atoms with Crippen molar-refractivity contribution in [3.8, 4) is 0 Å². The van der Waals surface area contributed by atoms with Crippen LogP contribution in [-0.4, -0.2) is 17.7 Å². The fourth-order valence-electron chi connectivity index (χ4n) is 2.07. The predicted molar refractivity (Wildman–Crippen MR) is 52.1 cm³/mol. The first kappa shape index (κ1) is 8.60. The van der Waals surface area contributed by atoms with Crippen molar-refractivity contribution in [2.75, 3.05) is 0 Å². The molecule has 0 atom stereocenters. The second-order valence-electron chi connectivity index (χ2n) is 3.75. The third-order valence-corrected chi connectivity index (χ3v) is 2.80. The molecule has 1 aliphatic carbocycles. The molecule has 3 nitrogen and oxygen atoms in total. The molecule has 2 aliphatic rings. The molecule has 0 bridgehead atoms. The predicted octanol–water partition coefficient (Wildman–Crippen LogP) is 1.97. The number of nitrogens with zero attached hydrogens (tertiary/aromatic N) is 2. The number of hydrogen-bond acceptors (Lipinski definition) is 3. The molecule has 0 saturated heterocycles. The molecule has 1 fully saturated rings. The Bertz CT molecular complexity index is 262. The molecule has 1 saturated carbocycles. The van der Waals surface area contributed by atoms with E-state index in [4.69, 9.17) is 0 Å². The summed E-state index contributed by atoms with van der Waals surface area (Å²) >= 11 is 0. The van der Waals surface area contributed by atoms with Crippen molar-refractivity contribution < 1.29 is 4.79 Å². The third-order valence-electron chi connectivity index (χ3n) is 2.80. The average Bonchev–Trinajstić information content (AvgIpc) is 2.20. The SMILES string of the molecule is O=C1CC=NN=C1C1CCCCC1. The number of Topliss-reactive ketones (excluding diaryl/α,β-unsaturated/α-hetero) is 1. The van der Waals surface area contributed by atoms with Crippen LogP contribution in [0.1, 0.15) is 38.5 Å². The molecule has 70 valence electrons. The zero-order chi connectivity index (χ0) is 9.10. The molecule has 1 heterocycles. The second kappa shape index (κ2) is 3.81. The summed E-state index contributed by atoms with van der Waals surface area (Å²) in [5, 5.41) is 7.80. The lowest BCUT2D eigenvalue weighted by Crippen LogP contribution is -2.27. The topological polar surface area (TPSA) is 41.8 Å². The van der Waals surface area contributed by atoms with E-state index in [1.54, 1.807) is 6.21 Å². The van der Waals surface area contributed by atoms with Crippen molar-refractivity contribution in [2.24, 2.45) is 16.1 Å². The summed E-state index contributed by atoms with van der Waals surface area (Å²) in [6.45, 7) is 0. The summed E-state index contributed by atoms with van der Waals surface area (Å²) in [7, 11) is 0. The van der Waals surface area contributed by atoms with E-state index >= 15 is 0 Å². The van der Waals surface area contributed by atoms with Gasteiger partial charge in [0.2, 0.25) is 0 Å². The number of hydrogen-bond donors (Lipinski definition) is 0. The molecule has 0 aromatic carbocycles. The summed E-state index contributed by atoms with van der Waals surface area (Å²) in [6, 6.07) is 0. The van der Waals surface area contributed by atoms with E-state index in [0.717, 1.165) is 18.6 Å². The smallest absolute Gasteiger partial charge is 0.184 e. The van der Waals surface area contributed by atoms with Gasteiger partial charge in [0.1, 0.15) is 5.71 Å². The van der Waals surface area contributed by atoms with Gasteiger partial charge in [-0.05, 0) is 12.8 Å². The molecule has 0 aromatic rings. The van der Waals surface area contributed by atoms with Crippen LogP contribution < -0.4 is 0 Å². The van der Waals surface area contributed by atoms with E-state index in [1.165, 1.54) is 19.3 Å². The van der Waals surface area contributed by atoms with Gasteiger partial charge in [0.05, 0.1) is 0 Å². The van der Waals surface area contributed by atoms with Crippen LogP contribution in [0.2, 0.25) is 0 Å². The number of ketones is 1. The standard InChI is InChI=1S/C10H14N2O/c13-9-6-7-11-12-10(9)8-4-2-1-3-5-8/h7-8H,1-6H2. The van der Waals surface area contributed by atoms with Gasteiger partial charge in [-0.1, -0.05) is 19.3 Å². The van der Waals surface area contributed by atoms with E-state index in [1.807, 2.05) is 0 Å². The normalized spacial score (nSPS) is 24.6. The van der Waals surface area contributed by atoms with Crippen molar-refractivity contribution in [1.82, 2.24) is 0 Å². The van der Waals surface area contributed by atoms with Crippen LogP contribution in [0, 0.1) is 5.92 Å². The second-order valence-corrected chi connectivity index (χ2v) is 3.75. The molecule has 0 amide bonds. The monoisotopic (exact) mass is 178 g/mol. The van der Waals surface area contributed by atoms with Crippen LogP contribution in [0.15, 0.2) is 10.2 Å². The Morgan fingerprint density at radius 1 is 1.23 bits per heavy atom. The highest BCUT2D eigenvalue weighted by molar-refractivity contribution is 6.43. The van der Waals surface area contributed by atoms with Crippen LogP contribution in [0.3, 0.4) is 0 Å². The van der Waals surface area contributed by atoms with Gasteiger partial charge in [0.25, 0.3) is 0 Å². The Morgan fingerprint density at radius 2 is 2.00 bits per heavy atom. The first-order chi connectivity index (χ1) is 6.38. The van der Waals surface area contributed by atoms with Crippen LogP contribution in [0.5, 0.6) is 0 Å². The molecule has 1 aliphatic heterocycles. The van der Waals surface area contributed by atoms with Crippen molar-refractivity contribution in [3.05, 3.63) is 0 Å². The summed E-state index contributed by atoms with van der Waals surface area (Å²) in [4.78, 5) is 11.5. The molecule has 3 heteroatoms. The van der Waals surface area contributed by atoms with Crippen molar-refractivity contribution >= 4 is 17.7 Å². The molecule has 0 radical (unpaired) electrons.